The molecule has 0 bridgehead atoms. The van der Waals surface area contributed by atoms with Gasteiger partial charge >= 0.3 is 0 Å². The van der Waals surface area contributed by atoms with Crippen molar-refractivity contribution in [2.45, 2.75) is 6.42 Å². The number of rotatable bonds is 7. The molecule has 0 saturated heterocycles. The monoisotopic (exact) mass is 359 g/mol. The van der Waals surface area contributed by atoms with Gasteiger partial charge in [0.05, 0.1) is 0 Å². The number of carbonyl (C=O) groups is 1. The SMILES string of the molecule is N#CC(=CNc1cccc(C(=O)NCCc2ccccc2)c1)c1nn[nH]n1. The Morgan fingerprint density at radius 3 is 2.78 bits per heavy atom. The lowest BCUT2D eigenvalue weighted by molar-refractivity contribution is 0.0954. The molecule has 0 aliphatic rings. The second-order valence-corrected chi connectivity index (χ2v) is 5.62. The average Bonchev–Trinajstić information content (AvgIpc) is 3.24. The summed E-state index contributed by atoms with van der Waals surface area (Å²) in [6.07, 6.45) is 2.24. The van der Waals surface area contributed by atoms with Crippen molar-refractivity contribution in [1.29, 1.82) is 5.26 Å². The highest BCUT2D eigenvalue weighted by Crippen LogP contribution is 2.13. The van der Waals surface area contributed by atoms with Gasteiger partial charge in [-0.25, -0.2) is 0 Å². The molecule has 0 aliphatic carbocycles. The number of nitrogens with zero attached hydrogens (tertiary/aromatic N) is 4. The van der Waals surface area contributed by atoms with E-state index in [4.69, 9.17) is 5.26 Å². The summed E-state index contributed by atoms with van der Waals surface area (Å²) in [4.78, 5) is 12.3. The first kappa shape index (κ1) is 17.8. The molecule has 8 heteroatoms. The summed E-state index contributed by atoms with van der Waals surface area (Å²) in [5.41, 5.74) is 2.59. The summed E-state index contributed by atoms with van der Waals surface area (Å²) >= 11 is 0. The molecular weight excluding hydrogens is 342 g/mol. The molecule has 1 amide bonds. The first-order chi connectivity index (χ1) is 13.3. The first-order valence-electron chi connectivity index (χ1n) is 8.29. The maximum absolute atomic E-state index is 12.3. The summed E-state index contributed by atoms with van der Waals surface area (Å²) < 4.78 is 0. The third-order valence-electron chi connectivity index (χ3n) is 3.76. The molecule has 0 unspecified atom stereocenters. The Labute approximate surface area is 155 Å². The Kier molecular flexibility index (Phi) is 5.89. The van der Waals surface area contributed by atoms with Gasteiger partial charge in [-0.1, -0.05) is 36.4 Å². The number of allylic oxidation sites excluding steroid dienone is 1. The van der Waals surface area contributed by atoms with Crippen molar-refractivity contribution >= 4 is 17.2 Å². The summed E-state index contributed by atoms with van der Waals surface area (Å²) in [6, 6.07) is 19.0. The zero-order chi connectivity index (χ0) is 18.9. The minimum atomic E-state index is -0.155. The quantitative estimate of drug-likeness (QED) is 0.556. The summed E-state index contributed by atoms with van der Waals surface area (Å²) in [7, 11) is 0. The third kappa shape index (κ3) is 4.99. The van der Waals surface area contributed by atoms with Crippen LogP contribution in [0.4, 0.5) is 5.69 Å². The van der Waals surface area contributed by atoms with E-state index in [1.54, 1.807) is 24.3 Å². The van der Waals surface area contributed by atoms with Crippen molar-refractivity contribution in [1.82, 2.24) is 25.9 Å². The second kappa shape index (κ2) is 8.92. The molecule has 0 spiro atoms. The Morgan fingerprint density at radius 2 is 2.04 bits per heavy atom. The number of amides is 1. The van der Waals surface area contributed by atoms with E-state index < -0.39 is 0 Å². The molecule has 0 saturated carbocycles. The highest BCUT2D eigenvalue weighted by Gasteiger charge is 2.07. The minimum Gasteiger partial charge on any atom is -0.360 e. The van der Waals surface area contributed by atoms with E-state index in [2.05, 4.69) is 31.3 Å². The molecule has 3 rings (SSSR count). The predicted octanol–water partition coefficient (Wildman–Crippen LogP) is 2.15. The summed E-state index contributed by atoms with van der Waals surface area (Å²) in [5, 5.41) is 28.3. The Morgan fingerprint density at radius 1 is 1.19 bits per heavy atom. The van der Waals surface area contributed by atoms with E-state index in [1.807, 2.05) is 36.4 Å². The van der Waals surface area contributed by atoms with Crippen LogP contribution in [0.5, 0.6) is 0 Å². The molecule has 2 aromatic carbocycles. The van der Waals surface area contributed by atoms with Crippen molar-refractivity contribution in [3.8, 4) is 6.07 Å². The van der Waals surface area contributed by atoms with Crippen LogP contribution in [0, 0.1) is 11.3 Å². The fourth-order valence-electron chi connectivity index (χ4n) is 2.40. The lowest BCUT2D eigenvalue weighted by Gasteiger charge is -2.07. The highest BCUT2D eigenvalue weighted by molar-refractivity contribution is 5.95. The van der Waals surface area contributed by atoms with Gasteiger partial charge in [0.25, 0.3) is 5.91 Å². The number of hydrogen-bond donors (Lipinski definition) is 3. The highest BCUT2D eigenvalue weighted by atomic mass is 16.1. The molecule has 8 nitrogen and oxygen atoms in total. The van der Waals surface area contributed by atoms with Crippen LogP contribution in [-0.4, -0.2) is 33.1 Å². The van der Waals surface area contributed by atoms with Crippen LogP contribution in [0.15, 0.2) is 60.8 Å². The number of tetrazole rings is 1. The molecule has 0 atom stereocenters. The largest absolute Gasteiger partial charge is 0.360 e. The molecule has 3 N–H and O–H groups in total. The second-order valence-electron chi connectivity index (χ2n) is 5.62. The Balaban J connectivity index is 1.59. The van der Waals surface area contributed by atoms with E-state index in [-0.39, 0.29) is 17.3 Å². The van der Waals surface area contributed by atoms with E-state index in [0.29, 0.717) is 17.8 Å². The maximum Gasteiger partial charge on any atom is 0.251 e. The normalized spacial score (nSPS) is 10.9. The topological polar surface area (TPSA) is 119 Å². The van der Waals surface area contributed by atoms with Gasteiger partial charge in [-0.15, -0.1) is 10.2 Å². The molecule has 0 radical (unpaired) electrons. The fraction of sp³-hybridized carbons (Fsp3) is 0.105. The predicted molar refractivity (Wildman–Crippen MR) is 100 cm³/mol. The Hall–Kier alpha value is -3.99. The minimum absolute atomic E-state index is 0.155. The molecule has 1 aromatic heterocycles. The molecule has 1 heterocycles. The molecule has 27 heavy (non-hydrogen) atoms. The van der Waals surface area contributed by atoms with Crippen molar-refractivity contribution in [3.05, 3.63) is 77.7 Å². The van der Waals surface area contributed by atoms with E-state index >= 15 is 0 Å². The number of benzene rings is 2. The zero-order valence-corrected chi connectivity index (χ0v) is 14.4. The number of nitrogens with one attached hydrogen (secondary N) is 3. The van der Waals surface area contributed by atoms with Crippen molar-refractivity contribution in [2.75, 3.05) is 11.9 Å². The lowest BCUT2D eigenvalue weighted by atomic mass is 10.1. The number of hydrogen-bond acceptors (Lipinski definition) is 6. The average molecular weight is 359 g/mol. The first-order valence-corrected chi connectivity index (χ1v) is 8.29. The van der Waals surface area contributed by atoms with Crippen molar-refractivity contribution in [2.24, 2.45) is 0 Å². The number of aromatic nitrogens is 4. The van der Waals surface area contributed by atoms with Gasteiger partial charge in [0.15, 0.2) is 0 Å². The van der Waals surface area contributed by atoms with Crippen LogP contribution < -0.4 is 10.6 Å². The fourth-order valence-corrected chi connectivity index (χ4v) is 2.40. The van der Waals surface area contributed by atoms with Crippen LogP contribution in [0.25, 0.3) is 5.57 Å². The number of H-pyrrole nitrogens is 1. The van der Waals surface area contributed by atoms with E-state index in [1.165, 1.54) is 11.8 Å². The lowest BCUT2D eigenvalue weighted by Crippen LogP contribution is -2.25. The van der Waals surface area contributed by atoms with Gasteiger partial charge in [-0.3, -0.25) is 4.79 Å². The van der Waals surface area contributed by atoms with E-state index in [9.17, 15) is 4.79 Å². The van der Waals surface area contributed by atoms with Crippen LogP contribution in [-0.2, 0) is 6.42 Å². The third-order valence-corrected chi connectivity index (χ3v) is 3.76. The molecular formula is C19H17N7O. The maximum atomic E-state index is 12.3. The zero-order valence-electron chi connectivity index (χ0n) is 14.4. The summed E-state index contributed by atoms with van der Waals surface area (Å²) in [5.74, 6) is 0.0389. The van der Waals surface area contributed by atoms with Crippen LogP contribution >= 0.6 is 0 Å². The number of nitriles is 1. The van der Waals surface area contributed by atoms with Gasteiger partial charge in [-0.2, -0.15) is 10.5 Å². The van der Waals surface area contributed by atoms with Crippen LogP contribution in [0.1, 0.15) is 21.7 Å². The molecule has 3 aromatic rings. The Bertz CT molecular complexity index is 959. The van der Waals surface area contributed by atoms with Crippen molar-refractivity contribution in [3.63, 3.8) is 0 Å². The number of carbonyl (C=O) groups excluding carboxylic acids is 1. The standard InChI is InChI=1S/C19H17N7O/c20-12-16(18-23-25-26-24-18)13-22-17-8-4-7-15(11-17)19(27)21-10-9-14-5-2-1-3-6-14/h1-8,11,13,22H,9-10H2,(H,21,27)(H,23,24,25,26). The van der Waals surface area contributed by atoms with Crippen LogP contribution in [0.2, 0.25) is 0 Å². The molecule has 134 valence electrons. The van der Waals surface area contributed by atoms with Gasteiger partial charge in [0, 0.05) is 24.0 Å². The summed E-state index contributed by atoms with van der Waals surface area (Å²) in [6.45, 7) is 0.552. The van der Waals surface area contributed by atoms with Gasteiger partial charge in [0.2, 0.25) is 5.82 Å². The van der Waals surface area contributed by atoms with E-state index in [0.717, 1.165) is 6.42 Å². The van der Waals surface area contributed by atoms with Crippen molar-refractivity contribution < 1.29 is 4.79 Å². The smallest absolute Gasteiger partial charge is 0.251 e. The number of aromatic amines is 1. The van der Waals surface area contributed by atoms with Gasteiger partial charge in [0.1, 0.15) is 11.6 Å². The van der Waals surface area contributed by atoms with Gasteiger partial charge in [-0.05, 0) is 35.4 Å². The van der Waals surface area contributed by atoms with Gasteiger partial charge < -0.3 is 10.6 Å². The molecule has 0 aliphatic heterocycles. The van der Waals surface area contributed by atoms with Crippen LogP contribution in [0.3, 0.4) is 0 Å². The molecule has 0 fully saturated rings. The number of anilines is 1.